The molecule has 4 heterocycles. The van der Waals surface area contributed by atoms with Crippen LogP contribution < -0.4 is 59.0 Å². The van der Waals surface area contributed by atoms with Crippen LogP contribution in [-0.4, -0.2) is 116 Å². The highest BCUT2D eigenvalue weighted by Crippen LogP contribution is 2.43. The van der Waals surface area contributed by atoms with E-state index >= 15 is 0 Å². The van der Waals surface area contributed by atoms with Crippen molar-refractivity contribution in [3.05, 3.63) is 129 Å². The zero-order chi connectivity index (χ0) is 59.8. The summed E-state index contributed by atoms with van der Waals surface area (Å²) in [4.78, 5) is 132. The number of carbonyl (C=O) groups excluding carboxylic acids is 6. The predicted molar refractivity (Wildman–Crippen MR) is 308 cm³/mol. The number of anilines is 6. The molecule has 14 N–H and O–H groups in total. The smallest absolute Gasteiger partial charge is 0.336 e. The van der Waals surface area contributed by atoms with Crippen LogP contribution in [0.25, 0.3) is 33.4 Å². The van der Waals surface area contributed by atoms with E-state index in [0.29, 0.717) is 73.0 Å². The summed E-state index contributed by atoms with van der Waals surface area (Å²) >= 11 is 6.38. The number of nitrogens with zero attached hydrogens (tertiary/aromatic N) is 4. The standard InChI is InChI=1S/C57H56ClN13O13/c58-55-68-56(64-32-6-10-35(38(22-32)54(82)83)48-36-11-8-33(72)24-44(36)84-45-25-34(73)9-12-37(45)48)70-57(69-55)71-19-16-28(17-20-71)50(78)62-27-46(74)63-31-7-13-40-39(23-31)51(79)65-42(14-15-47(75)76)53(81)66-41(3-1-2-18-59)52(80)67-43-21-29(49(60)77)4-5-30(43)26-61-40/h4-13,21-25,28,41-42,61,72H,1-3,14-20,26-27,59H2,(H2,60,77)(H,62,78)(H,63,74)(H,65,79)(H,66,81)(H,67,80)(H,75,76)(H,82,83)(H,64,68,69,70)/t41-,42-/m0/s1. The number of hydrogen-bond donors (Lipinski definition) is 12. The van der Waals surface area contributed by atoms with Gasteiger partial charge in [0.2, 0.25) is 46.7 Å². The molecule has 1 aliphatic carbocycles. The van der Waals surface area contributed by atoms with Gasteiger partial charge in [-0.2, -0.15) is 15.0 Å². The van der Waals surface area contributed by atoms with E-state index in [1.54, 1.807) is 35.2 Å². The van der Waals surface area contributed by atoms with Crippen LogP contribution in [0, 0.1) is 5.92 Å². The molecular weight excluding hydrogens is 1110 g/mol. The fourth-order valence-electron chi connectivity index (χ4n) is 9.87. The summed E-state index contributed by atoms with van der Waals surface area (Å²) in [5, 5.41) is 50.0. The molecule has 5 aromatic rings. The monoisotopic (exact) mass is 1170 g/mol. The molecule has 4 aromatic carbocycles. The van der Waals surface area contributed by atoms with Crippen molar-refractivity contribution in [1.82, 2.24) is 30.9 Å². The second kappa shape index (κ2) is 25.7. The van der Waals surface area contributed by atoms with Gasteiger partial charge in [-0.25, -0.2) is 4.79 Å². The first kappa shape index (κ1) is 58.4. The molecule has 0 bridgehead atoms. The van der Waals surface area contributed by atoms with Gasteiger partial charge in [-0.15, -0.1) is 0 Å². The predicted octanol–water partition coefficient (Wildman–Crippen LogP) is 4.76. The van der Waals surface area contributed by atoms with E-state index in [2.05, 4.69) is 52.2 Å². The first-order chi connectivity index (χ1) is 40.3. The van der Waals surface area contributed by atoms with Gasteiger partial charge < -0.3 is 73.3 Å². The van der Waals surface area contributed by atoms with Crippen molar-refractivity contribution in [2.45, 2.75) is 63.6 Å². The number of nitrogens with one attached hydrogen (secondary N) is 7. The summed E-state index contributed by atoms with van der Waals surface area (Å²) in [5.74, 6) is -6.87. The number of aromatic nitrogens is 3. The molecule has 6 amide bonds. The maximum atomic E-state index is 14.2. The number of halogens is 1. The lowest BCUT2D eigenvalue weighted by Crippen LogP contribution is -2.53. The van der Waals surface area contributed by atoms with Crippen molar-refractivity contribution < 1.29 is 58.1 Å². The van der Waals surface area contributed by atoms with Crippen LogP contribution in [0.2, 0.25) is 5.28 Å². The first-order valence-electron chi connectivity index (χ1n) is 26.5. The Balaban J connectivity index is 0.851. The largest absolute Gasteiger partial charge is 0.508 e. The van der Waals surface area contributed by atoms with E-state index in [4.69, 9.17) is 27.5 Å². The molecule has 3 aliphatic heterocycles. The van der Waals surface area contributed by atoms with Gasteiger partial charge in [-0.05, 0) is 135 Å². The summed E-state index contributed by atoms with van der Waals surface area (Å²) in [6, 6.07) is 19.3. The molecular formula is C57H56ClN13O13. The zero-order valence-electron chi connectivity index (χ0n) is 44.6. The summed E-state index contributed by atoms with van der Waals surface area (Å²) in [6.45, 7) is 0.441. The molecule has 0 spiro atoms. The number of phenolic OH excluding ortho intramolecular Hbond substituents is 1. The number of primary amides is 1. The van der Waals surface area contributed by atoms with Crippen molar-refractivity contribution in [2.24, 2.45) is 17.4 Å². The Kier molecular flexibility index (Phi) is 17.9. The molecule has 2 atom stereocenters. The maximum absolute atomic E-state index is 14.2. The number of hydrogen-bond acceptors (Lipinski definition) is 18. The van der Waals surface area contributed by atoms with Crippen molar-refractivity contribution in [3.8, 4) is 28.2 Å². The van der Waals surface area contributed by atoms with E-state index in [1.165, 1.54) is 60.7 Å². The number of aromatic carboxylic acids is 1. The molecule has 0 saturated carbocycles. The van der Waals surface area contributed by atoms with Crippen LogP contribution in [0.1, 0.15) is 81.6 Å². The third-order valence-electron chi connectivity index (χ3n) is 14.1. The number of unbranched alkanes of at least 4 members (excludes halogenated alkanes) is 1. The molecule has 1 aromatic heterocycles. The number of carboxylic acid groups (broad SMARTS) is 2. The fraction of sp³-hybridized carbons (Fsp3) is 0.263. The minimum Gasteiger partial charge on any atom is -0.508 e. The van der Waals surface area contributed by atoms with Gasteiger partial charge in [0.05, 0.1) is 17.7 Å². The van der Waals surface area contributed by atoms with E-state index in [-0.39, 0.29) is 98.5 Å². The molecule has 84 heavy (non-hydrogen) atoms. The van der Waals surface area contributed by atoms with E-state index in [0.717, 1.165) is 0 Å². The number of benzene rings is 5. The molecule has 1 fully saturated rings. The van der Waals surface area contributed by atoms with Gasteiger partial charge in [0.1, 0.15) is 29.2 Å². The van der Waals surface area contributed by atoms with Gasteiger partial charge in [-0.1, -0.05) is 12.1 Å². The molecule has 0 unspecified atom stereocenters. The van der Waals surface area contributed by atoms with Crippen molar-refractivity contribution in [1.29, 1.82) is 0 Å². The van der Waals surface area contributed by atoms with Gasteiger partial charge >= 0.3 is 11.9 Å². The highest BCUT2D eigenvalue weighted by Gasteiger charge is 2.31. The Bertz CT molecular complexity index is 3790. The van der Waals surface area contributed by atoms with Gasteiger partial charge in [0.25, 0.3) is 5.91 Å². The third-order valence-corrected chi connectivity index (χ3v) is 14.3. The van der Waals surface area contributed by atoms with E-state index in [9.17, 15) is 58.5 Å². The molecule has 1 saturated heterocycles. The quantitative estimate of drug-likeness (QED) is 0.0432. The van der Waals surface area contributed by atoms with Gasteiger partial charge in [0.15, 0.2) is 5.43 Å². The average Bonchev–Trinajstić information content (AvgIpc) is 3.49. The van der Waals surface area contributed by atoms with Gasteiger partial charge in [-0.3, -0.25) is 38.4 Å². The second-order valence-electron chi connectivity index (χ2n) is 19.9. The van der Waals surface area contributed by atoms with E-state index in [1.807, 2.05) is 0 Å². The lowest BCUT2D eigenvalue weighted by atomic mass is 9.90. The third kappa shape index (κ3) is 13.9. The summed E-state index contributed by atoms with van der Waals surface area (Å²) in [7, 11) is 0. The molecule has 0 radical (unpaired) electrons. The minimum atomic E-state index is -1.43. The van der Waals surface area contributed by atoms with Crippen LogP contribution >= 0.6 is 11.6 Å². The molecule has 9 rings (SSSR count). The summed E-state index contributed by atoms with van der Waals surface area (Å²) in [5.41, 5.74) is 13.6. The average molecular weight is 1170 g/mol. The number of rotatable bonds is 17. The van der Waals surface area contributed by atoms with Crippen LogP contribution in [0.5, 0.6) is 5.75 Å². The Morgan fingerprint density at radius 2 is 1.54 bits per heavy atom. The molecule has 27 heteroatoms. The second-order valence-corrected chi connectivity index (χ2v) is 20.2. The van der Waals surface area contributed by atoms with Gasteiger partial charge in [0, 0.05) is 88.9 Å². The highest BCUT2D eigenvalue weighted by molar-refractivity contribution is 6.28. The molecule has 434 valence electrons. The number of carbonyl (C=O) groups is 8. The Hall–Kier alpha value is -10.2. The molecule has 26 nitrogen and oxygen atoms in total. The maximum Gasteiger partial charge on any atom is 0.336 e. The van der Waals surface area contributed by atoms with Crippen LogP contribution in [0.3, 0.4) is 0 Å². The summed E-state index contributed by atoms with van der Waals surface area (Å²) in [6.07, 6.45) is 0.864. The number of fused-ring (bicyclic) bond motifs is 4. The van der Waals surface area contributed by atoms with Crippen LogP contribution in [0.15, 0.2) is 100 Å². The molecule has 4 aliphatic rings. The zero-order valence-corrected chi connectivity index (χ0v) is 45.4. The van der Waals surface area contributed by atoms with E-state index < -0.39 is 78.3 Å². The van der Waals surface area contributed by atoms with Crippen LogP contribution in [0.4, 0.5) is 34.6 Å². The lowest BCUT2D eigenvalue weighted by molar-refractivity contribution is -0.137. The Morgan fingerprint density at radius 1 is 0.774 bits per heavy atom. The first-order valence-corrected chi connectivity index (χ1v) is 26.9. The lowest BCUT2D eigenvalue weighted by Gasteiger charge is -2.31. The highest BCUT2D eigenvalue weighted by atomic mass is 35.5. The van der Waals surface area contributed by atoms with Crippen molar-refractivity contribution in [2.75, 3.05) is 52.3 Å². The number of amides is 6. The number of nitrogens with two attached hydrogens (primary N) is 2. The number of piperidine rings is 1. The normalized spacial score (nSPS) is 15.7. The minimum absolute atomic E-state index is 0.00366. The number of carboxylic acids is 2. The Morgan fingerprint density at radius 3 is 2.29 bits per heavy atom. The topological polar surface area (TPSA) is 406 Å². The number of phenols is 1. The number of aliphatic carboxylic acids is 1. The van der Waals surface area contributed by atoms with Crippen molar-refractivity contribution >= 4 is 105 Å². The van der Waals surface area contributed by atoms with Crippen molar-refractivity contribution in [3.63, 3.8) is 0 Å². The SMILES string of the molecule is NCCCC[C@@H]1NC(=O)[C@H](CCC(=O)O)NC(=O)c2cc(NC(=O)CNC(=O)C3CCN(c4nc(Cl)nc(Nc5ccc(-c6c7ccc(=O)cc-7oc7cc(O)ccc67)c(C(=O)O)c5)n4)CC3)ccc2NCc2ccc(C(N)=O)cc2NC1=O. The number of aromatic hydroxyl groups is 1. The summed E-state index contributed by atoms with van der Waals surface area (Å²) < 4.78 is 5.93. The Labute approximate surface area is 482 Å². The van der Waals surface area contributed by atoms with Crippen LogP contribution in [-0.2, 0) is 30.5 Å². The fourth-order valence-corrected chi connectivity index (χ4v) is 10.0.